The molecule has 0 saturated heterocycles. The number of ketones is 2. The molecule has 0 fully saturated rings. The molecule has 2 heterocycles. The second kappa shape index (κ2) is 17.0. The van der Waals surface area contributed by atoms with Crippen molar-refractivity contribution in [3.8, 4) is 0 Å². The van der Waals surface area contributed by atoms with Crippen molar-refractivity contribution in [3.05, 3.63) is 60.1 Å². The van der Waals surface area contributed by atoms with Crippen molar-refractivity contribution in [2.75, 3.05) is 25.4 Å². The van der Waals surface area contributed by atoms with E-state index in [0.29, 0.717) is 34.1 Å². The molecule has 0 spiro atoms. The molecule has 39 heavy (non-hydrogen) atoms. The summed E-state index contributed by atoms with van der Waals surface area (Å²) in [6.45, 7) is 13.0. The Hall–Kier alpha value is -3.75. The topological polar surface area (TPSA) is 136 Å². The van der Waals surface area contributed by atoms with Crippen molar-refractivity contribution in [3.63, 3.8) is 0 Å². The predicted octanol–water partition coefficient (Wildman–Crippen LogP) is 7.75. The Balaban J connectivity index is 0.000000288. The van der Waals surface area contributed by atoms with E-state index in [4.69, 9.17) is 19.4 Å². The highest BCUT2D eigenvalue weighted by molar-refractivity contribution is 6.93. The number of anilines is 1. The van der Waals surface area contributed by atoms with Gasteiger partial charge in [-0.05, 0) is 91.4 Å². The van der Waals surface area contributed by atoms with Gasteiger partial charge < -0.3 is 19.5 Å². The van der Waals surface area contributed by atoms with E-state index in [1.54, 1.807) is 48.5 Å². The number of nitrogens with two attached hydrogens (primary N) is 1. The third kappa shape index (κ3) is 11.7. The van der Waals surface area contributed by atoms with E-state index in [1.807, 2.05) is 0 Å². The number of benzene rings is 2. The van der Waals surface area contributed by atoms with E-state index in [1.165, 1.54) is 39.6 Å². The molecule has 9 nitrogen and oxygen atoms in total. The highest BCUT2D eigenvalue weighted by atomic mass is 35.5. The number of nitrogen functional groups attached to an aromatic ring is 1. The van der Waals surface area contributed by atoms with Crippen LogP contribution in [0.3, 0.4) is 0 Å². The number of Topliss-reactive ketones (excluding diaryl/α,β-unsaturated/α-hetero) is 2. The molecule has 2 N–H and O–H groups in total. The number of fused-ring (bicyclic) bond motifs is 2. The molecule has 11 heteroatoms. The molecular formula is C28H31Cl2N3O6. The maximum atomic E-state index is 11.0. The Morgan fingerprint density at radius 1 is 0.821 bits per heavy atom. The first-order valence-electron chi connectivity index (χ1n) is 11.9. The van der Waals surface area contributed by atoms with Gasteiger partial charge in [0.1, 0.15) is 11.2 Å². The Labute approximate surface area is 236 Å². The van der Waals surface area contributed by atoms with E-state index < -0.39 is 4.70 Å². The van der Waals surface area contributed by atoms with Gasteiger partial charge in [-0.3, -0.25) is 14.4 Å². The van der Waals surface area contributed by atoms with Gasteiger partial charge in [-0.2, -0.15) is 4.99 Å². The molecule has 0 amide bonds. The lowest BCUT2D eigenvalue weighted by atomic mass is 10.2. The summed E-state index contributed by atoms with van der Waals surface area (Å²) in [7, 11) is 0. The third-order valence-electron chi connectivity index (χ3n) is 5.25. The number of halogens is 2. The van der Waals surface area contributed by atoms with Gasteiger partial charge in [-0.25, -0.2) is 4.79 Å². The number of carbonyl (C=O) groups excluding carboxylic acids is 4. The van der Waals surface area contributed by atoms with Crippen LogP contribution < -0.4 is 5.73 Å². The van der Waals surface area contributed by atoms with Crippen LogP contribution in [-0.4, -0.2) is 46.9 Å². The van der Waals surface area contributed by atoms with Gasteiger partial charge in [0.2, 0.25) is 6.08 Å². The standard InChI is InChI=1S/C11H7NO3.C10H9NO2.C6H15N.CCl2O/c1-7(14)11-5-8-4-9(12-6-13)2-3-10(8)15-11;1-6(12)10-5-7-4-8(11)2-3-9(7)13-10;1-4-7(5-2)6-3;2-1(3)4/h2-5H,1H3;2-5H,11H2,1H3;4-6H2,1-3H3;. The Kier molecular flexibility index (Phi) is 14.5. The maximum Gasteiger partial charge on any atom is 0.313 e. The van der Waals surface area contributed by atoms with Crippen LogP contribution in [0.2, 0.25) is 0 Å². The van der Waals surface area contributed by atoms with Gasteiger partial charge in [0, 0.05) is 30.3 Å². The van der Waals surface area contributed by atoms with Crippen molar-refractivity contribution in [2.24, 2.45) is 4.99 Å². The fraction of sp³-hybridized carbons (Fsp3) is 0.286. The highest BCUT2D eigenvalue weighted by Gasteiger charge is 2.08. The smallest absolute Gasteiger partial charge is 0.313 e. The predicted molar refractivity (Wildman–Crippen MR) is 155 cm³/mol. The molecular weight excluding hydrogens is 545 g/mol. The lowest BCUT2D eigenvalue weighted by Crippen LogP contribution is -2.21. The van der Waals surface area contributed by atoms with Crippen molar-refractivity contribution in [1.29, 1.82) is 0 Å². The average Bonchev–Trinajstić information content (AvgIpc) is 3.50. The molecule has 0 bridgehead atoms. The van der Waals surface area contributed by atoms with Crippen molar-refractivity contribution >= 4 is 78.9 Å². The second-order valence-electron chi connectivity index (χ2n) is 7.90. The average molecular weight is 576 g/mol. The van der Waals surface area contributed by atoms with Crippen LogP contribution in [0.4, 0.5) is 16.2 Å². The largest absolute Gasteiger partial charge is 0.453 e. The molecule has 0 radical (unpaired) electrons. The SMILES string of the molecule is CC(=O)c1cc2cc(N)ccc2o1.CC(=O)c1cc2cc(N=C=O)ccc2o1.CCN(CC)CC.O=C(Cl)Cl. The first-order chi connectivity index (χ1) is 18.4. The monoisotopic (exact) mass is 575 g/mol. The van der Waals surface area contributed by atoms with E-state index in [2.05, 4.69) is 53.9 Å². The fourth-order valence-corrected chi connectivity index (χ4v) is 3.23. The quantitative estimate of drug-likeness (QED) is 0.0809. The Morgan fingerprint density at radius 3 is 1.64 bits per heavy atom. The van der Waals surface area contributed by atoms with E-state index in [9.17, 15) is 14.4 Å². The number of furan rings is 2. The lowest BCUT2D eigenvalue weighted by Gasteiger charge is -2.13. The fourth-order valence-electron chi connectivity index (χ4n) is 3.23. The van der Waals surface area contributed by atoms with E-state index >= 15 is 0 Å². The first-order valence-corrected chi connectivity index (χ1v) is 12.7. The highest BCUT2D eigenvalue weighted by Crippen LogP contribution is 2.24. The summed E-state index contributed by atoms with van der Waals surface area (Å²) < 4.78 is 9.66. The molecule has 4 aromatic rings. The summed E-state index contributed by atoms with van der Waals surface area (Å²) in [5, 5.41) is 1.61. The third-order valence-corrected chi connectivity index (χ3v) is 5.25. The summed E-state index contributed by atoms with van der Waals surface area (Å²) in [5.41, 5.74) is 8.04. The Morgan fingerprint density at radius 2 is 1.26 bits per heavy atom. The van der Waals surface area contributed by atoms with Gasteiger partial charge in [0.25, 0.3) is 0 Å². The normalized spacial score (nSPS) is 9.85. The number of hydrogen-bond donors (Lipinski definition) is 1. The minimum Gasteiger partial charge on any atom is -0.453 e. The zero-order chi connectivity index (χ0) is 29.5. The lowest BCUT2D eigenvalue weighted by molar-refractivity contribution is 0.0981. The molecule has 2 aromatic heterocycles. The van der Waals surface area contributed by atoms with E-state index in [0.717, 1.165) is 10.8 Å². The van der Waals surface area contributed by atoms with Crippen LogP contribution >= 0.6 is 23.2 Å². The van der Waals surface area contributed by atoms with Crippen LogP contribution in [0, 0.1) is 0 Å². The number of carbonyl (C=O) groups is 3. The van der Waals surface area contributed by atoms with Gasteiger partial charge >= 0.3 is 4.70 Å². The molecule has 0 aliphatic rings. The molecule has 0 unspecified atom stereocenters. The van der Waals surface area contributed by atoms with Crippen LogP contribution in [-0.2, 0) is 4.79 Å². The van der Waals surface area contributed by atoms with Gasteiger partial charge in [0.05, 0.1) is 5.69 Å². The Bertz CT molecular complexity index is 1440. The number of aliphatic imine (C=N–C) groups is 1. The summed E-state index contributed by atoms with van der Waals surface area (Å²) >= 11 is 8.80. The zero-order valence-electron chi connectivity index (χ0n) is 22.4. The van der Waals surface area contributed by atoms with Crippen molar-refractivity contribution in [2.45, 2.75) is 34.6 Å². The minimum atomic E-state index is -0.889. The number of rotatable bonds is 6. The molecule has 0 aliphatic carbocycles. The van der Waals surface area contributed by atoms with Crippen molar-refractivity contribution < 1.29 is 28.0 Å². The number of nitrogens with zero attached hydrogens (tertiary/aromatic N) is 2. The van der Waals surface area contributed by atoms with E-state index in [-0.39, 0.29) is 11.6 Å². The van der Waals surface area contributed by atoms with Crippen LogP contribution in [0.5, 0.6) is 0 Å². The van der Waals surface area contributed by atoms with Gasteiger partial charge in [-0.1, -0.05) is 20.8 Å². The zero-order valence-corrected chi connectivity index (χ0v) is 23.9. The van der Waals surface area contributed by atoms with Crippen LogP contribution in [0.25, 0.3) is 21.9 Å². The number of isocyanates is 1. The summed E-state index contributed by atoms with van der Waals surface area (Å²) in [4.78, 5) is 46.9. The molecule has 0 atom stereocenters. The molecule has 0 saturated carbocycles. The molecule has 4 rings (SSSR count). The van der Waals surface area contributed by atoms with Gasteiger partial charge in [-0.15, -0.1) is 0 Å². The minimum absolute atomic E-state index is 0.0743. The van der Waals surface area contributed by atoms with Crippen molar-refractivity contribution in [1.82, 2.24) is 4.90 Å². The van der Waals surface area contributed by atoms with Crippen LogP contribution in [0.15, 0.2) is 62.4 Å². The molecule has 208 valence electrons. The number of hydrogen-bond acceptors (Lipinski definition) is 9. The molecule has 0 aliphatic heterocycles. The second-order valence-corrected chi connectivity index (χ2v) is 8.78. The van der Waals surface area contributed by atoms with Crippen LogP contribution in [0.1, 0.15) is 55.7 Å². The summed E-state index contributed by atoms with van der Waals surface area (Å²) in [6, 6.07) is 13.6. The first kappa shape index (κ1) is 33.3. The maximum absolute atomic E-state index is 11.0. The summed E-state index contributed by atoms with van der Waals surface area (Å²) in [6.07, 6.45) is 1.46. The summed E-state index contributed by atoms with van der Waals surface area (Å²) in [5.74, 6) is 0.472. The van der Waals surface area contributed by atoms with Gasteiger partial charge in [0.15, 0.2) is 23.1 Å². The molecule has 2 aromatic carbocycles.